The Kier molecular flexibility index (Phi) is 5.56. The first-order chi connectivity index (χ1) is 6.83. The minimum absolute atomic E-state index is 0.0690. The monoisotopic (exact) mass is 200 g/mol. The number of carbonyl (C=O) groups excluding carboxylic acids is 1. The molecule has 0 bridgehead atoms. The van der Waals surface area contributed by atoms with Crippen LogP contribution in [0.5, 0.6) is 0 Å². The van der Waals surface area contributed by atoms with Gasteiger partial charge in [-0.2, -0.15) is 0 Å². The fourth-order valence-corrected chi connectivity index (χ4v) is 1.67. The van der Waals surface area contributed by atoms with E-state index >= 15 is 0 Å². The topological polar surface area (TPSA) is 64.4 Å². The third-order valence-corrected chi connectivity index (χ3v) is 2.59. The van der Waals surface area contributed by atoms with Crippen molar-refractivity contribution in [1.82, 2.24) is 5.32 Å². The van der Waals surface area contributed by atoms with Crippen molar-refractivity contribution >= 4 is 5.91 Å². The van der Waals surface area contributed by atoms with Gasteiger partial charge in [-0.05, 0) is 25.2 Å². The molecule has 0 unspecified atom stereocenters. The SMILES string of the molecule is NCCC(=O)NCCC1CCOCC1. The number of nitrogens with two attached hydrogens (primary N) is 1. The van der Waals surface area contributed by atoms with E-state index in [9.17, 15) is 4.79 Å². The highest BCUT2D eigenvalue weighted by atomic mass is 16.5. The highest BCUT2D eigenvalue weighted by Gasteiger charge is 2.13. The predicted molar refractivity (Wildman–Crippen MR) is 54.8 cm³/mol. The molecule has 0 aromatic heterocycles. The fraction of sp³-hybridized carbons (Fsp3) is 0.900. The lowest BCUT2D eigenvalue weighted by Crippen LogP contribution is -2.28. The Morgan fingerprint density at radius 2 is 2.14 bits per heavy atom. The van der Waals surface area contributed by atoms with E-state index in [0.29, 0.717) is 13.0 Å². The zero-order chi connectivity index (χ0) is 10.2. The molecule has 1 rings (SSSR count). The summed E-state index contributed by atoms with van der Waals surface area (Å²) in [5.41, 5.74) is 5.27. The van der Waals surface area contributed by atoms with Crippen molar-refractivity contribution in [2.45, 2.75) is 25.7 Å². The van der Waals surface area contributed by atoms with Crippen LogP contribution in [0.3, 0.4) is 0 Å². The summed E-state index contributed by atoms with van der Waals surface area (Å²) in [4.78, 5) is 11.1. The number of hydrogen-bond donors (Lipinski definition) is 2. The van der Waals surface area contributed by atoms with Gasteiger partial charge in [0, 0.05) is 32.7 Å². The van der Waals surface area contributed by atoms with Crippen molar-refractivity contribution in [2.75, 3.05) is 26.3 Å². The highest BCUT2D eigenvalue weighted by molar-refractivity contribution is 5.75. The Labute approximate surface area is 85.2 Å². The van der Waals surface area contributed by atoms with E-state index in [0.717, 1.165) is 44.9 Å². The molecule has 1 aliphatic heterocycles. The number of carbonyl (C=O) groups is 1. The van der Waals surface area contributed by atoms with Crippen molar-refractivity contribution in [2.24, 2.45) is 11.7 Å². The Balaban J connectivity index is 1.99. The lowest BCUT2D eigenvalue weighted by atomic mass is 9.97. The van der Waals surface area contributed by atoms with Crippen molar-refractivity contribution in [1.29, 1.82) is 0 Å². The highest BCUT2D eigenvalue weighted by Crippen LogP contribution is 2.17. The van der Waals surface area contributed by atoms with Crippen LogP contribution in [0.1, 0.15) is 25.7 Å². The normalized spacial score (nSPS) is 18.1. The van der Waals surface area contributed by atoms with Crippen molar-refractivity contribution in [3.63, 3.8) is 0 Å². The Morgan fingerprint density at radius 1 is 1.43 bits per heavy atom. The van der Waals surface area contributed by atoms with Crippen molar-refractivity contribution < 1.29 is 9.53 Å². The summed E-state index contributed by atoms with van der Waals surface area (Å²) in [6.45, 7) is 2.97. The zero-order valence-corrected chi connectivity index (χ0v) is 8.63. The van der Waals surface area contributed by atoms with E-state index in [4.69, 9.17) is 10.5 Å². The van der Waals surface area contributed by atoms with Crippen LogP contribution in [0, 0.1) is 5.92 Å². The van der Waals surface area contributed by atoms with Gasteiger partial charge in [-0.3, -0.25) is 4.79 Å². The quantitative estimate of drug-likeness (QED) is 0.669. The maximum atomic E-state index is 11.1. The maximum Gasteiger partial charge on any atom is 0.221 e. The van der Waals surface area contributed by atoms with Crippen LogP contribution < -0.4 is 11.1 Å². The second kappa shape index (κ2) is 6.79. The minimum Gasteiger partial charge on any atom is -0.381 e. The Bertz CT molecular complexity index is 168. The van der Waals surface area contributed by atoms with Gasteiger partial charge in [0.25, 0.3) is 0 Å². The van der Waals surface area contributed by atoms with Crippen LogP contribution in [-0.4, -0.2) is 32.2 Å². The molecule has 0 radical (unpaired) electrons. The Morgan fingerprint density at radius 3 is 2.79 bits per heavy atom. The summed E-state index contributed by atoms with van der Waals surface area (Å²) in [6.07, 6.45) is 3.77. The fourth-order valence-electron chi connectivity index (χ4n) is 1.67. The average Bonchev–Trinajstić information content (AvgIpc) is 2.20. The molecule has 1 heterocycles. The van der Waals surface area contributed by atoms with Crippen LogP contribution in [0.25, 0.3) is 0 Å². The first-order valence-corrected chi connectivity index (χ1v) is 5.37. The molecule has 0 aliphatic carbocycles. The first kappa shape index (κ1) is 11.5. The van der Waals surface area contributed by atoms with E-state index in [1.807, 2.05) is 0 Å². The lowest BCUT2D eigenvalue weighted by Gasteiger charge is -2.21. The number of ether oxygens (including phenoxy) is 1. The third kappa shape index (κ3) is 4.58. The van der Waals surface area contributed by atoms with E-state index in [-0.39, 0.29) is 5.91 Å². The van der Waals surface area contributed by atoms with Gasteiger partial charge in [0.1, 0.15) is 0 Å². The molecule has 1 saturated heterocycles. The van der Waals surface area contributed by atoms with Gasteiger partial charge in [0.15, 0.2) is 0 Å². The van der Waals surface area contributed by atoms with Crippen LogP contribution in [0.4, 0.5) is 0 Å². The van der Waals surface area contributed by atoms with E-state index in [1.54, 1.807) is 0 Å². The molecule has 0 spiro atoms. The summed E-state index contributed by atoms with van der Waals surface area (Å²) < 4.78 is 5.26. The predicted octanol–water partition coefficient (Wildman–Crippen LogP) is 0.268. The zero-order valence-electron chi connectivity index (χ0n) is 8.63. The lowest BCUT2D eigenvalue weighted by molar-refractivity contribution is -0.120. The molecule has 0 atom stereocenters. The van der Waals surface area contributed by atoms with Crippen molar-refractivity contribution in [3.05, 3.63) is 0 Å². The molecule has 1 aliphatic rings. The summed E-state index contributed by atoms with van der Waals surface area (Å²) in [5.74, 6) is 0.793. The molecule has 14 heavy (non-hydrogen) atoms. The molecule has 0 aromatic carbocycles. The Hall–Kier alpha value is -0.610. The molecule has 1 fully saturated rings. The van der Waals surface area contributed by atoms with Crippen LogP contribution in [-0.2, 0) is 9.53 Å². The van der Waals surface area contributed by atoms with Crippen LogP contribution in [0.2, 0.25) is 0 Å². The number of hydrogen-bond acceptors (Lipinski definition) is 3. The standard InChI is InChI=1S/C10H20N2O2/c11-5-1-10(13)12-6-2-9-3-7-14-8-4-9/h9H,1-8,11H2,(H,12,13). The smallest absolute Gasteiger partial charge is 0.221 e. The van der Waals surface area contributed by atoms with Crippen molar-refractivity contribution in [3.8, 4) is 0 Å². The molecular weight excluding hydrogens is 180 g/mol. The molecule has 0 aromatic rings. The molecule has 1 amide bonds. The van der Waals surface area contributed by atoms with Gasteiger partial charge in [-0.1, -0.05) is 0 Å². The molecular formula is C10H20N2O2. The number of amides is 1. The number of nitrogens with one attached hydrogen (secondary N) is 1. The summed E-state index contributed by atoms with van der Waals surface area (Å²) in [5, 5.41) is 2.87. The van der Waals surface area contributed by atoms with Gasteiger partial charge >= 0.3 is 0 Å². The van der Waals surface area contributed by atoms with Gasteiger partial charge < -0.3 is 15.8 Å². The molecule has 0 saturated carbocycles. The second-order valence-electron chi connectivity index (χ2n) is 3.73. The third-order valence-electron chi connectivity index (χ3n) is 2.59. The average molecular weight is 200 g/mol. The maximum absolute atomic E-state index is 11.1. The van der Waals surface area contributed by atoms with Gasteiger partial charge in [-0.15, -0.1) is 0 Å². The van der Waals surface area contributed by atoms with Gasteiger partial charge in [-0.25, -0.2) is 0 Å². The second-order valence-corrected chi connectivity index (χ2v) is 3.73. The molecule has 4 heteroatoms. The van der Waals surface area contributed by atoms with Crippen LogP contribution >= 0.6 is 0 Å². The van der Waals surface area contributed by atoms with Crippen LogP contribution in [0.15, 0.2) is 0 Å². The molecule has 82 valence electrons. The first-order valence-electron chi connectivity index (χ1n) is 5.37. The van der Waals surface area contributed by atoms with E-state index < -0.39 is 0 Å². The summed E-state index contributed by atoms with van der Waals surface area (Å²) in [6, 6.07) is 0. The van der Waals surface area contributed by atoms with Gasteiger partial charge in [0.05, 0.1) is 0 Å². The van der Waals surface area contributed by atoms with E-state index in [1.165, 1.54) is 0 Å². The van der Waals surface area contributed by atoms with Gasteiger partial charge in [0.2, 0.25) is 5.91 Å². The summed E-state index contributed by atoms with van der Waals surface area (Å²) >= 11 is 0. The molecule has 3 N–H and O–H groups in total. The summed E-state index contributed by atoms with van der Waals surface area (Å²) in [7, 11) is 0. The van der Waals surface area contributed by atoms with E-state index in [2.05, 4.69) is 5.32 Å². The largest absolute Gasteiger partial charge is 0.381 e. The molecule has 4 nitrogen and oxygen atoms in total. The minimum atomic E-state index is 0.0690. The number of rotatable bonds is 5.